The Morgan fingerprint density at radius 3 is 2.53 bits per heavy atom. The molecule has 0 unspecified atom stereocenters. The van der Waals surface area contributed by atoms with E-state index in [2.05, 4.69) is 5.32 Å². The van der Waals surface area contributed by atoms with Gasteiger partial charge in [0.1, 0.15) is 21.2 Å². The maximum absolute atomic E-state index is 13.1. The molecule has 0 saturated carbocycles. The molecule has 2 aromatic heterocycles. The summed E-state index contributed by atoms with van der Waals surface area (Å²) >= 11 is 15.0. The molecule has 4 aromatic rings. The number of thiophene rings is 2. The predicted octanol–water partition coefficient (Wildman–Crippen LogP) is 7.37. The van der Waals surface area contributed by atoms with Gasteiger partial charge in [0.05, 0.1) is 18.7 Å². The topological polar surface area (TPSA) is 64.6 Å². The third kappa shape index (κ3) is 4.34. The van der Waals surface area contributed by atoms with Crippen LogP contribution in [0.2, 0.25) is 10.0 Å². The van der Waals surface area contributed by atoms with Crippen molar-refractivity contribution in [3.05, 3.63) is 68.3 Å². The van der Waals surface area contributed by atoms with E-state index in [1.807, 2.05) is 29.6 Å². The number of carbonyl (C=O) groups excluding carboxylic acids is 2. The zero-order valence-electron chi connectivity index (χ0n) is 17.0. The minimum atomic E-state index is -0.513. The Morgan fingerprint density at radius 2 is 1.84 bits per heavy atom. The van der Waals surface area contributed by atoms with Gasteiger partial charge in [-0.15, -0.1) is 22.7 Å². The smallest absolute Gasteiger partial charge is 0.341 e. The quantitative estimate of drug-likeness (QED) is 0.277. The van der Waals surface area contributed by atoms with Gasteiger partial charge in [-0.3, -0.25) is 4.79 Å². The molecule has 1 N–H and O–H groups in total. The highest BCUT2D eigenvalue weighted by Gasteiger charge is 2.25. The van der Waals surface area contributed by atoms with Crippen LogP contribution < -0.4 is 10.1 Å². The standard InChI is InChI=1S/C23H17Cl2NO4S2/c1-3-30-23(28)18-16(12-4-6-13(24)7-5-12)11-31-22(18)26-21(27)20-19(25)15-10-14(29-2)8-9-17(15)32-20/h4-11H,3H2,1-2H3,(H,26,27). The Bertz CT molecular complexity index is 1310. The van der Waals surface area contributed by atoms with E-state index in [1.54, 1.807) is 32.2 Å². The summed E-state index contributed by atoms with van der Waals surface area (Å²) in [6, 6.07) is 12.6. The van der Waals surface area contributed by atoms with Crippen molar-refractivity contribution in [3.8, 4) is 16.9 Å². The summed E-state index contributed by atoms with van der Waals surface area (Å²) in [7, 11) is 1.57. The van der Waals surface area contributed by atoms with Crippen LogP contribution >= 0.6 is 45.9 Å². The van der Waals surface area contributed by atoms with E-state index in [-0.39, 0.29) is 6.61 Å². The average molecular weight is 506 g/mol. The van der Waals surface area contributed by atoms with Gasteiger partial charge in [0, 0.05) is 26.1 Å². The molecule has 2 aromatic carbocycles. The molecule has 0 saturated heterocycles. The van der Waals surface area contributed by atoms with Crippen LogP contribution in [-0.4, -0.2) is 25.6 Å². The van der Waals surface area contributed by atoms with Crippen molar-refractivity contribution >= 4 is 72.8 Å². The first-order chi connectivity index (χ1) is 15.4. The van der Waals surface area contributed by atoms with Gasteiger partial charge < -0.3 is 14.8 Å². The lowest BCUT2D eigenvalue weighted by Crippen LogP contribution is -2.14. The van der Waals surface area contributed by atoms with Crippen LogP contribution in [0, 0.1) is 0 Å². The molecule has 164 valence electrons. The third-order valence-electron chi connectivity index (χ3n) is 4.69. The molecule has 0 fully saturated rings. The van der Waals surface area contributed by atoms with E-state index in [0.717, 1.165) is 15.6 Å². The van der Waals surface area contributed by atoms with E-state index in [9.17, 15) is 9.59 Å². The average Bonchev–Trinajstić information content (AvgIpc) is 3.35. The summed E-state index contributed by atoms with van der Waals surface area (Å²) in [4.78, 5) is 26.2. The summed E-state index contributed by atoms with van der Waals surface area (Å²) in [6.07, 6.45) is 0. The van der Waals surface area contributed by atoms with E-state index >= 15 is 0 Å². The van der Waals surface area contributed by atoms with E-state index in [4.69, 9.17) is 32.7 Å². The Kier molecular flexibility index (Phi) is 6.71. The number of esters is 1. The lowest BCUT2D eigenvalue weighted by molar-refractivity contribution is 0.0529. The first kappa shape index (κ1) is 22.6. The minimum absolute atomic E-state index is 0.214. The molecule has 5 nitrogen and oxygen atoms in total. The zero-order chi connectivity index (χ0) is 22.8. The fourth-order valence-corrected chi connectivity index (χ4v) is 5.64. The van der Waals surface area contributed by atoms with E-state index in [1.165, 1.54) is 22.7 Å². The van der Waals surface area contributed by atoms with Gasteiger partial charge in [-0.1, -0.05) is 35.3 Å². The molecule has 1 amide bonds. The van der Waals surface area contributed by atoms with Gasteiger partial charge in [0.25, 0.3) is 5.91 Å². The number of amides is 1. The van der Waals surface area contributed by atoms with Gasteiger partial charge in [0.15, 0.2) is 0 Å². The third-order valence-corrected chi connectivity index (χ3v) is 7.52. The van der Waals surface area contributed by atoms with Gasteiger partial charge in [-0.25, -0.2) is 4.79 Å². The molecule has 4 rings (SSSR count). The lowest BCUT2D eigenvalue weighted by Gasteiger charge is -2.08. The maximum Gasteiger partial charge on any atom is 0.341 e. The second-order valence-corrected chi connectivity index (χ2v) is 9.39. The summed E-state index contributed by atoms with van der Waals surface area (Å²) in [5.74, 6) is -0.258. The van der Waals surface area contributed by atoms with Crippen molar-refractivity contribution in [1.82, 2.24) is 0 Å². The number of hydrogen-bond donors (Lipinski definition) is 1. The minimum Gasteiger partial charge on any atom is -0.497 e. The molecule has 0 aliphatic carbocycles. The SMILES string of the molecule is CCOC(=O)c1c(-c2ccc(Cl)cc2)csc1NC(=O)c1sc2ccc(OC)cc2c1Cl. The number of nitrogens with one attached hydrogen (secondary N) is 1. The van der Waals surface area contributed by atoms with Crippen LogP contribution in [0.15, 0.2) is 47.8 Å². The maximum atomic E-state index is 13.1. The largest absolute Gasteiger partial charge is 0.497 e. The van der Waals surface area contributed by atoms with Crippen LogP contribution in [0.25, 0.3) is 21.2 Å². The molecular formula is C23H17Cl2NO4S2. The normalized spacial score (nSPS) is 10.9. The van der Waals surface area contributed by atoms with Gasteiger partial charge in [0.2, 0.25) is 0 Å². The number of ether oxygens (including phenoxy) is 2. The molecular weight excluding hydrogens is 489 g/mol. The second kappa shape index (κ2) is 9.50. The second-order valence-electron chi connectivity index (χ2n) is 6.64. The van der Waals surface area contributed by atoms with Crippen LogP contribution in [0.5, 0.6) is 5.75 Å². The molecule has 0 radical (unpaired) electrons. The molecule has 32 heavy (non-hydrogen) atoms. The summed E-state index contributed by atoms with van der Waals surface area (Å²) < 4.78 is 11.4. The summed E-state index contributed by atoms with van der Waals surface area (Å²) in [5.41, 5.74) is 1.75. The monoisotopic (exact) mass is 505 g/mol. The molecule has 0 aliphatic heterocycles. The van der Waals surface area contributed by atoms with Crippen molar-refractivity contribution in [3.63, 3.8) is 0 Å². The number of hydrogen-bond acceptors (Lipinski definition) is 6. The number of carbonyl (C=O) groups is 2. The lowest BCUT2D eigenvalue weighted by atomic mass is 10.0. The van der Waals surface area contributed by atoms with Crippen LogP contribution in [0.4, 0.5) is 5.00 Å². The number of rotatable bonds is 6. The highest BCUT2D eigenvalue weighted by atomic mass is 35.5. The van der Waals surface area contributed by atoms with Crippen LogP contribution in [-0.2, 0) is 4.74 Å². The summed E-state index contributed by atoms with van der Waals surface area (Å²) in [5, 5.41) is 6.71. The van der Waals surface area contributed by atoms with Crippen LogP contribution in [0.1, 0.15) is 27.0 Å². The van der Waals surface area contributed by atoms with Gasteiger partial charge >= 0.3 is 5.97 Å². The van der Waals surface area contributed by atoms with Crippen molar-refractivity contribution in [2.75, 3.05) is 19.0 Å². The molecule has 0 aliphatic rings. The van der Waals surface area contributed by atoms with Gasteiger partial charge in [-0.05, 0) is 42.8 Å². The highest BCUT2D eigenvalue weighted by molar-refractivity contribution is 7.22. The number of fused-ring (bicyclic) bond motifs is 1. The van der Waals surface area contributed by atoms with E-state index < -0.39 is 11.9 Å². The summed E-state index contributed by atoms with van der Waals surface area (Å²) in [6.45, 7) is 1.95. The fraction of sp³-hybridized carbons (Fsp3) is 0.130. The highest BCUT2D eigenvalue weighted by Crippen LogP contribution is 2.40. The fourth-order valence-electron chi connectivity index (χ4n) is 3.18. The van der Waals surface area contributed by atoms with Crippen molar-refractivity contribution < 1.29 is 19.1 Å². The number of anilines is 1. The number of benzene rings is 2. The first-order valence-corrected chi connectivity index (χ1v) is 12.0. The predicted molar refractivity (Wildman–Crippen MR) is 132 cm³/mol. The first-order valence-electron chi connectivity index (χ1n) is 9.54. The van der Waals surface area contributed by atoms with Gasteiger partial charge in [-0.2, -0.15) is 0 Å². The Balaban J connectivity index is 1.72. The number of methoxy groups -OCH3 is 1. The molecule has 0 spiro atoms. The van der Waals surface area contributed by atoms with Crippen LogP contribution in [0.3, 0.4) is 0 Å². The van der Waals surface area contributed by atoms with Crippen molar-refractivity contribution in [2.45, 2.75) is 6.92 Å². The molecule has 0 bridgehead atoms. The Morgan fingerprint density at radius 1 is 1.09 bits per heavy atom. The Labute approximate surface area is 202 Å². The molecule has 0 atom stereocenters. The Hall–Kier alpha value is -2.58. The van der Waals surface area contributed by atoms with E-state index in [0.29, 0.717) is 36.8 Å². The van der Waals surface area contributed by atoms with Crippen molar-refractivity contribution in [2.24, 2.45) is 0 Å². The zero-order valence-corrected chi connectivity index (χ0v) is 20.2. The van der Waals surface area contributed by atoms with Crippen molar-refractivity contribution in [1.29, 1.82) is 0 Å². The number of halogens is 2. The molecule has 2 heterocycles. The molecule has 9 heteroatoms.